The number of ether oxygens (including phenoxy) is 1. The molecule has 1 amide bonds. The number of rotatable bonds is 4. The first-order valence-electron chi connectivity index (χ1n) is 9.12. The Morgan fingerprint density at radius 2 is 1.77 bits per heavy atom. The summed E-state index contributed by atoms with van der Waals surface area (Å²) in [4.78, 5) is 36.7. The van der Waals surface area contributed by atoms with Crippen molar-refractivity contribution < 1.29 is 23.8 Å². The van der Waals surface area contributed by atoms with Gasteiger partial charge in [-0.05, 0) is 32.9 Å². The van der Waals surface area contributed by atoms with Crippen LogP contribution in [-0.4, -0.2) is 29.1 Å². The van der Waals surface area contributed by atoms with Crippen LogP contribution >= 0.6 is 11.6 Å². The Kier molecular flexibility index (Phi) is 5.85. The van der Waals surface area contributed by atoms with Gasteiger partial charge in [-0.3, -0.25) is 9.59 Å². The summed E-state index contributed by atoms with van der Waals surface area (Å²) < 4.78 is 10.5. The molecule has 30 heavy (non-hydrogen) atoms. The quantitative estimate of drug-likeness (QED) is 0.481. The number of aromatic hydroxyl groups is 1. The number of carbonyl (C=O) groups excluding carboxylic acids is 2. The van der Waals surface area contributed by atoms with Gasteiger partial charge in [-0.15, -0.1) is 0 Å². The van der Waals surface area contributed by atoms with E-state index in [0.717, 1.165) is 0 Å². The zero-order chi connectivity index (χ0) is 22.1. The fourth-order valence-corrected chi connectivity index (χ4v) is 3.16. The number of carbonyl (C=O) groups is 2. The molecule has 0 aliphatic heterocycles. The Morgan fingerprint density at radius 1 is 1.10 bits per heavy atom. The summed E-state index contributed by atoms with van der Waals surface area (Å²) in [7, 11) is 0. The molecule has 7 nitrogen and oxygen atoms in total. The van der Waals surface area contributed by atoms with Gasteiger partial charge in [-0.25, -0.2) is 4.79 Å². The van der Waals surface area contributed by atoms with Crippen LogP contribution < -0.4 is 10.9 Å². The number of benzene rings is 2. The van der Waals surface area contributed by atoms with Crippen molar-refractivity contribution in [2.75, 3.05) is 6.54 Å². The number of hydrogen-bond donors (Lipinski definition) is 2. The van der Waals surface area contributed by atoms with E-state index < -0.39 is 41.0 Å². The van der Waals surface area contributed by atoms with Crippen LogP contribution in [0.4, 0.5) is 0 Å². The lowest BCUT2D eigenvalue weighted by molar-refractivity contribution is -0.153. The molecule has 1 heterocycles. The molecule has 0 radical (unpaired) electrons. The molecule has 0 spiro atoms. The Hall–Kier alpha value is -3.32. The average molecular weight is 430 g/mol. The van der Waals surface area contributed by atoms with Gasteiger partial charge in [0.1, 0.15) is 23.5 Å². The van der Waals surface area contributed by atoms with Crippen LogP contribution in [0.25, 0.3) is 22.1 Å². The summed E-state index contributed by atoms with van der Waals surface area (Å²) in [6, 6.07) is 11.8. The normalized spacial score (nSPS) is 11.3. The highest BCUT2D eigenvalue weighted by atomic mass is 35.5. The fraction of sp³-hybridized carbons (Fsp3) is 0.227. The van der Waals surface area contributed by atoms with E-state index in [9.17, 15) is 19.5 Å². The first-order chi connectivity index (χ1) is 14.1. The second kappa shape index (κ2) is 8.20. The summed E-state index contributed by atoms with van der Waals surface area (Å²) in [5, 5.41) is 13.5. The van der Waals surface area contributed by atoms with Gasteiger partial charge in [0.25, 0.3) is 5.91 Å². The van der Waals surface area contributed by atoms with Gasteiger partial charge >= 0.3 is 11.6 Å². The van der Waals surface area contributed by atoms with Crippen molar-refractivity contribution in [2.24, 2.45) is 0 Å². The number of hydrogen-bond acceptors (Lipinski definition) is 6. The van der Waals surface area contributed by atoms with Crippen LogP contribution in [0.15, 0.2) is 51.7 Å². The zero-order valence-corrected chi connectivity index (χ0v) is 17.4. The molecule has 2 aromatic carbocycles. The van der Waals surface area contributed by atoms with E-state index in [0.29, 0.717) is 16.1 Å². The van der Waals surface area contributed by atoms with Crippen LogP contribution in [0.5, 0.6) is 5.75 Å². The summed E-state index contributed by atoms with van der Waals surface area (Å²) in [6.07, 6.45) is 0. The lowest BCUT2D eigenvalue weighted by Gasteiger charge is -2.19. The van der Waals surface area contributed by atoms with Gasteiger partial charge in [0.05, 0.1) is 5.39 Å². The fourth-order valence-electron chi connectivity index (χ4n) is 2.92. The summed E-state index contributed by atoms with van der Waals surface area (Å²) in [6.45, 7) is 4.60. The van der Waals surface area contributed by atoms with Gasteiger partial charge < -0.3 is 19.6 Å². The number of para-hydroxylation sites is 1. The molecule has 1 aromatic heterocycles. The SMILES string of the molecule is CC(C)(C)OC(=O)CNC(=O)c1c(O)c2cccc(-c3ccccc3Cl)c2oc1=O. The van der Waals surface area contributed by atoms with Crippen molar-refractivity contribution in [1.29, 1.82) is 0 Å². The maximum atomic E-state index is 12.5. The predicted molar refractivity (Wildman–Crippen MR) is 113 cm³/mol. The summed E-state index contributed by atoms with van der Waals surface area (Å²) in [5.41, 5.74) is -1.16. The molecule has 0 bridgehead atoms. The third-order valence-corrected chi connectivity index (χ3v) is 4.44. The molecule has 0 saturated carbocycles. The van der Waals surface area contributed by atoms with Crippen molar-refractivity contribution in [1.82, 2.24) is 5.32 Å². The predicted octanol–water partition coefficient (Wildman–Crippen LogP) is 3.89. The van der Waals surface area contributed by atoms with Gasteiger partial charge in [0.15, 0.2) is 5.56 Å². The molecular formula is C22H20ClNO6. The van der Waals surface area contributed by atoms with Crippen LogP contribution in [0.3, 0.4) is 0 Å². The van der Waals surface area contributed by atoms with Gasteiger partial charge in [-0.1, -0.05) is 41.9 Å². The maximum Gasteiger partial charge on any atom is 0.353 e. The third-order valence-electron chi connectivity index (χ3n) is 4.11. The molecule has 0 aliphatic rings. The molecule has 3 aromatic rings. The Bertz CT molecular complexity index is 1190. The first-order valence-corrected chi connectivity index (χ1v) is 9.50. The molecule has 0 atom stereocenters. The van der Waals surface area contributed by atoms with Crippen LogP contribution in [0, 0.1) is 0 Å². The topological polar surface area (TPSA) is 106 Å². The molecule has 2 N–H and O–H groups in total. The van der Waals surface area contributed by atoms with E-state index in [2.05, 4.69) is 5.32 Å². The molecule has 0 unspecified atom stereocenters. The largest absolute Gasteiger partial charge is 0.506 e. The monoisotopic (exact) mass is 429 g/mol. The number of nitrogens with one attached hydrogen (secondary N) is 1. The smallest absolute Gasteiger partial charge is 0.353 e. The van der Waals surface area contributed by atoms with Crippen molar-refractivity contribution in [3.05, 3.63) is 63.5 Å². The van der Waals surface area contributed by atoms with Crippen molar-refractivity contribution in [3.63, 3.8) is 0 Å². The first kappa shape index (κ1) is 21.4. The minimum Gasteiger partial charge on any atom is -0.506 e. The number of halogens is 1. The van der Waals surface area contributed by atoms with E-state index >= 15 is 0 Å². The number of amides is 1. The zero-order valence-electron chi connectivity index (χ0n) is 16.6. The van der Waals surface area contributed by atoms with Crippen molar-refractivity contribution in [3.8, 4) is 16.9 Å². The van der Waals surface area contributed by atoms with Crippen molar-refractivity contribution >= 4 is 34.4 Å². The lowest BCUT2D eigenvalue weighted by atomic mass is 10.0. The molecule has 3 rings (SSSR count). The molecule has 156 valence electrons. The average Bonchev–Trinajstić information content (AvgIpc) is 2.65. The standard InChI is InChI=1S/C22H20ClNO6/c1-22(2,3)30-16(25)11-24-20(27)17-18(26)14-9-6-8-13(19(14)29-21(17)28)12-7-4-5-10-15(12)23/h4-10,26H,11H2,1-3H3,(H,24,27). The van der Waals surface area contributed by atoms with E-state index in [-0.39, 0.29) is 11.0 Å². The van der Waals surface area contributed by atoms with Gasteiger partial charge in [0.2, 0.25) is 0 Å². The second-order valence-corrected chi connectivity index (χ2v) is 7.95. The van der Waals surface area contributed by atoms with Crippen LogP contribution in [-0.2, 0) is 9.53 Å². The highest BCUT2D eigenvalue weighted by Gasteiger charge is 2.24. The highest BCUT2D eigenvalue weighted by molar-refractivity contribution is 6.33. The highest BCUT2D eigenvalue weighted by Crippen LogP contribution is 2.36. The molecule has 0 saturated heterocycles. The summed E-state index contributed by atoms with van der Waals surface area (Å²) in [5.74, 6) is -2.17. The Labute approximate surface area is 177 Å². The molecule has 0 fully saturated rings. The minimum atomic E-state index is -1.04. The third kappa shape index (κ3) is 4.46. The van der Waals surface area contributed by atoms with E-state index in [1.54, 1.807) is 57.2 Å². The molecular weight excluding hydrogens is 410 g/mol. The number of esters is 1. The Morgan fingerprint density at radius 3 is 2.43 bits per heavy atom. The number of fused-ring (bicyclic) bond motifs is 1. The minimum absolute atomic E-state index is 0.0943. The van der Waals surface area contributed by atoms with E-state index in [1.807, 2.05) is 0 Å². The van der Waals surface area contributed by atoms with Crippen LogP contribution in [0.2, 0.25) is 5.02 Å². The Balaban J connectivity index is 1.99. The van der Waals surface area contributed by atoms with E-state index in [1.165, 1.54) is 6.07 Å². The molecule has 0 aliphatic carbocycles. The van der Waals surface area contributed by atoms with E-state index in [4.69, 9.17) is 20.8 Å². The second-order valence-electron chi connectivity index (χ2n) is 7.54. The lowest BCUT2D eigenvalue weighted by Crippen LogP contribution is -2.36. The molecule has 8 heteroatoms. The van der Waals surface area contributed by atoms with Crippen molar-refractivity contribution in [2.45, 2.75) is 26.4 Å². The maximum absolute atomic E-state index is 12.5. The summed E-state index contributed by atoms with van der Waals surface area (Å²) >= 11 is 6.25. The van der Waals surface area contributed by atoms with Crippen LogP contribution in [0.1, 0.15) is 31.1 Å². The van der Waals surface area contributed by atoms with Gasteiger partial charge in [-0.2, -0.15) is 0 Å². The van der Waals surface area contributed by atoms with Gasteiger partial charge in [0, 0.05) is 16.1 Å².